The third-order valence-electron chi connectivity index (χ3n) is 18.7. The second-order valence-corrected chi connectivity index (χ2v) is 18.6. The number of hydrogen-bond donors (Lipinski definition) is 0. The summed E-state index contributed by atoms with van der Waals surface area (Å²) in [5.41, 5.74) is 0. The first-order valence-corrected chi connectivity index (χ1v) is 18.8. The Kier molecular flexibility index (Phi) is 5.45. The Hall–Kier alpha value is 0. The highest BCUT2D eigenvalue weighted by molar-refractivity contribution is 5.21. The van der Waals surface area contributed by atoms with Crippen molar-refractivity contribution in [3.05, 3.63) is 0 Å². The molecular weight excluding hydrogens is 468 g/mol. The molecule has 9 saturated carbocycles. The monoisotopic (exact) mass is 530 g/mol. The van der Waals surface area contributed by atoms with Gasteiger partial charge in [0, 0.05) is 0 Å². The molecule has 0 nitrogen and oxygen atoms in total. The van der Waals surface area contributed by atoms with Gasteiger partial charge >= 0.3 is 0 Å². The summed E-state index contributed by atoms with van der Waals surface area (Å²) in [5.74, 6) is 25.8. The van der Waals surface area contributed by atoms with Crippen molar-refractivity contribution in [2.45, 2.75) is 100 Å². The highest BCUT2D eigenvalue weighted by atomic mass is 14.8. The zero-order valence-electron chi connectivity index (χ0n) is 26.8. The van der Waals surface area contributed by atoms with Gasteiger partial charge < -0.3 is 0 Å². The molecule has 0 radical (unpaired) electrons. The van der Waals surface area contributed by atoms with Gasteiger partial charge in [-0.25, -0.2) is 0 Å². The molecule has 24 unspecified atom stereocenters. The molecule has 0 saturated heterocycles. The fourth-order valence-electron chi connectivity index (χ4n) is 18.5. The molecule has 0 aromatic carbocycles. The molecule has 0 aromatic rings. The van der Waals surface area contributed by atoms with Crippen LogP contribution in [0.3, 0.4) is 0 Å². The highest BCUT2D eigenvalue weighted by Gasteiger charge is 2.74. The van der Waals surface area contributed by atoms with E-state index in [-0.39, 0.29) is 0 Å². The van der Waals surface area contributed by atoms with E-state index >= 15 is 0 Å². The molecule has 0 N–H and O–H groups in total. The van der Waals surface area contributed by atoms with E-state index in [4.69, 9.17) is 0 Å². The Morgan fingerprint density at radius 2 is 0.769 bits per heavy atom. The zero-order valence-corrected chi connectivity index (χ0v) is 26.8. The lowest BCUT2D eigenvalue weighted by molar-refractivity contribution is -0.161. The molecule has 0 heteroatoms. The van der Waals surface area contributed by atoms with Crippen molar-refractivity contribution in [2.24, 2.45) is 142 Å². The normalized spacial score (nSPS) is 70.8. The Morgan fingerprint density at radius 3 is 1.26 bits per heavy atom. The van der Waals surface area contributed by atoms with Crippen LogP contribution >= 0.6 is 0 Å². The van der Waals surface area contributed by atoms with Crippen molar-refractivity contribution in [1.29, 1.82) is 0 Å². The van der Waals surface area contributed by atoms with Crippen LogP contribution < -0.4 is 0 Å². The topological polar surface area (TPSA) is 0 Å². The lowest BCUT2D eigenvalue weighted by Crippen LogP contribution is -2.59. The molecule has 0 amide bonds. The minimum atomic E-state index is 0.997. The van der Waals surface area contributed by atoms with Gasteiger partial charge in [-0.3, -0.25) is 0 Å². The number of fused-ring (bicyclic) bond motifs is 21. The molecular formula is C39H62. The van der Waals surface area contributed by atoms with Crippen LogP contribution in [0.1, 0.15) is 100 Å². The Morgan fingerprint density at radius 1 is 0.359 bits per heavy atom. The van der Waals surface area contributed by atoms with Gasteiger partial charge in [-0.1, -0.05) is 68.2 Å². The Balaban J connectivity index is 1.06. The summed E-state index contributed by atoms with van der Waals surface area (Å²) < 4.78 is 0. The predicted molar refractivity (Wildman–Crippen MR) is 161 cm³/mol. The average molecular weight is 531 g/mol. The second-order valence-electron chi connectivity index (χ2n) is 18.6. The Bertz CT molecular complexity index is 996. The SMILES string of the molecule is CCC1CC(C)C2C3CC(C2C1C)C1C(C)C2C4CC(C5C(C)C6C7CC(CC7CC)C6C(C)C45)C2C(C)C31. The molecule has 9 rings (SSSR count). The van der Waals surface area contributed by atoms with Crippen LogP contribution in [-0.2, 0) is 0 Å². The summed E-state index contributed by atoms with van der Waals surface area (Å²) in [4.78, 5) is 0. The van der Waals surface area contributed by atoms with Crippen LogP contribution in [0.4, 0.5) is 0 Å². The first-order chi connectivity index (χ1) is 18.8. The third kappa shape index (κ3) is 2.83. The first-order valence-electron chi connectivity index (χ1n) is 18.8. The average Bonchev–Trinajstić information content (AvgIpc) is 3.76. The zero-order chi connectivity index (χ0) is 26.8. The van der Waals surface area contributed by atoms with Gasteiger partial charge in [-0.15, -0.1) is 0 Å². The van der Waals surface area contributed by atoms with Crippen LogP contribution in [-0.4, -0.2) is 0 Å². The summed E-state index contributed by atoms with van der Waals surface area (Å²) in [6.07, 6.45) is 11.0. The van der Waals surface area contributed by atoms with Crippen LogP contribution in [0.2, 0.25) is 0 Å². The molecule has 6 bridgehead atoms. The lowest BCUT2D eigenvalue weighted by Gasteiger charge is -2.63. The van der Waals surface area contributed by atoms with E-state index in [2.05, 4.69) is 55.4 Å². The van der Waals surface area contributed by atoms with E-state index in [0.717, 1.165) is 142 Å². The first kappa shape index (κ1) is 25.5. The van der Waals surface area contributed by atoms with Gasteiger partial charge in [0.05, 0.1) is 0 Å². The van der Waals surface area contributed by atoms with E-state index < -0.39 is 0 Å². The maximum atomic E-state index is 2.85. The summed E-state index contributed by atoms with van der Waals surface area (Å²) in [6, 6.07) is 0. The maximum absolute atomic E-state index is 2.85. The smallest absolute Gasteiger partial charge is 0.0320 e. The summed E-state index contributed by atoms with van der Waals surface area (Å²) in [7, 11) is 0. The van der Waals surface area contributed by atoms with Crippen molar-refractivity contribution in [3.63, 3.8) is 0 Å². The second kappa shape index (κ2) is 8.34. The van der Waals surface area contributed by atoms with Gasteiger partial charge in [-0.2, -0.15) is 0 Å². The minimum absolute atomic E-state index is 0.997. The summed E-state index contributed by atoms with van der Waals surface area (Å²) in [6.45, 7) is 21.8. The van der Waals surface area contributed by atoms with Crippen molar-refractivity contribution >= 4 is 0 Å². The molecule has 0 spiro atoms. The molecule has 9 aliphatic carbocycles. The molecule has 24 atom stereocenters. The van der Waals surface area contributed by atoms with E-state index in [1.807, 2.05) is 0 Å². The van der Waals surface area contributed by atoms with Crippen LogP contribution in [0.5, 0.6) is 0 Å². The summed E-state index contributed by atoms with van der Waals surface area (Å²) >= 11 is 0. The van der Waals surface area contributed by atoms with E-state index in [9.17, 15) is 0 Å². The summed E-state index contributed by atoms with van der Waals surface area (Å²) in [5, 5.41) is 0. The van der Waals surface area contributed by atoms with Crippen LogP contribution in [0.15, 0.2) is 0 Å². The van der Waals surface area contributed by atoms with Gasteiger partial charge in [0.2, 0.25) is 0 Å². The van der Waals surface area contributed by atoms with Gasteiger partial charge in [0.25, 0.3) is 0 Å². The largest absolute Gasteiger partial charge is 0.0651 e. The fourth-order valence-corrected chi connectivity index (χ4v) is 18.5. The molecule has 0 aliphatic heterocycles. The third-order valence-corrected chi connectivity index (χ3v) is 18.7. The quantitative estimate of drug-likeness (QED) is 0.333. The molecule has 9 aliphatic rings. The van der Waals surface area contributed by atoms with Crippen molar-refractivity contribution < 1.29 is 0 Å². The Labute approximate surface area is 242 Å². The number of rotatable bonds is 2. The van der Waals surface area contributed by atoms with Gasteiger partial charge in [0.1, 0.15) is 0 Å². The lowest BCUT2D eigenvalue weighted by atomic mass is 9.41. The van der Waals surface area contributed by atoms with Gasteiger partial charge in [-0.05, 0) is 174 Å². The van der Waals surface area contributed by atoms with E-state index in [1.165, 1.54) is 12.8 Å². The predicted octanol–water partition coefficient (Wildman–Crippen LogP) is 9.79. The van der Waals surface area contributed by atoms with E-state index in [1.54, 1.807) is 32.1 Å². The van der Waals surface area contributed by atoms with Crippen molar-refractivity contribution in [2.75, 3.05) is 0 Å². The fraction of sp³-hybridized carbons (Fsp3) is 1.00. The molecule has 39 heavy (non-hydrogen) atoms. The van der Waals surface area contributed by atoms with Crippen LogP contribution in [0, 0.1) is 142 Å². The molecule has 0 heterocycles. The highest BCUT2D eigenvalue weighted by Crippen LogP contribution is 2.79. The van der Waals surface area contributed by atoms with Crippen molar-refractivity contribution in [1.82, 2.24) is 0 Å². The van der Waals surface area contributed by atoms with E-state index in [0.29, 0.717) is 0 Å². The number of hydrogen-bond acceptors (Lipinski definition) is 0. The van der Waals surface area contributed by atoms with Crippen molar-refractivity contribution in [3.8, 4) is 0 Å². The minimum Gasteiger partial charge on any atom is -0.0651 e. The van der Waals surface area contributed by atoms with Crippen LogP contribution in [0.25, 0.3) is 0 Å². The molecule has 9 fully saturated rings. The molecule has 218 valence electrons. The van der Waals surface area contributed by atoms with Gasteiger partial charge in [0.15, 0.2) is 0 Å². The standard InChI is InChI=1S/C39H62/c1-9-22-11-16(3)30-26-14-27(32(30)17(22)4)37-21(8)39-28-15-29(38(39)20(7)35(26)37)36-19(6)33-25-13-24(12-23(25)10-2)31(33)18(5)34(28)36/h16-39H,9-15H2,1-8H3. The maximum Gasteiger partial charge on any atom is -0.0320 e. The molecule has 0 aromatic heterocycles.